The molecule has 1 aliphatic carbocycles. The van der Waals surface area contributed by atoms with Crippen LogP contribution in [-0.2, 0) is 4.74 Å². The molecule has 0 amide bonds. The lowest BCUT2D eigenvalue weighted by atomic mass is 10.2. The summed E-state index contributed by atoms with van der Waals surface area (Å²) in [5, 5.41) is 0. The molecule has 0 aliphatic heterocycles. The van der Waals surface area contributed by atoms with Crippen LogP contribution in [0.2, 0.25) is 0 Å². The molecular formula is C10H10BrNO2. The van der Waals surface area contributed by atoms with Crippen LogP contribution in [0.3, 0.4) is 0 Å². The van der Waals surface area contributed by atoms with Crippen molar-refractivity contribution in [2.45, 2.75) is 18.8 Å². The molecule has 0 aromatic carbocycles. The molecule has 14 heavy (non-hydrogen) atoms. The van der Waals surface area contributed by atoms with Gasteiger partial charge in [-0.3, -0.25) is 0 Å². The number of carbonyl (C=O) groups excluding carboxylic acids is 1. The summed E-state index contributed by atoms with van der Waals surface area (Å²) in [4.78, 5) is 15.5. The molecule has 1 heterocycles. The molecule has 0 saturated heterocycles. The predicted octanol–water partition coefficient (Wildman–Crippen LogP) is 2.51. The molecule has 0 unspecified atom stereocenters. The van der Waals surface area contributed by atoms with E-state index in [2.05, 4.69) is 25.7 Å². The summed E-state index contributed by atoms with van der Waals surface area (Å²) in [7, 11) is 1.36. The summed E-state index contributed by atoms with van der Waals surface area (Å²) in [5.74, 6) is 0.157. The maximum absolute atomic E-state index is 11.3. The van der Waals surface area contributed by atoms with E-state index in [0.717, 1.165) is 10.2 Å². The highest BCUT2D eigenvalue weighted by molar-refractivity contribution is 9.10. The lowest BCUT2D eigenvalue weighted by Gasteiger charge is -2.03. The number of hydrogen-bond donors (Lipinski definition) is 0. The summed E-state index contributed by atoms with van der Waals surface area (Å²) in [6, 6.07) is 3.64. The van der Waals surface area contributed by atoms with Crippen LogP contribution in [0.25, 0.3) is 0 Å². The van der Waals surface area contributed by atoms with Gasteiger partial charge in [-0.2, -0.15) is 0 Å². The Balaban J connectivity index is 2.35. The summed E-state index contributed by atoms with van der Waals surface area (Å²) < 4.78 is 5.51. The number of carbonyl (C=O) groups is 1. The van der Waals surface area contributed by atoms with Gasteiger partial charge in [0.15, 0.2) is 0 Å². The van der Waals surface area contributed by atoms with E-state index in [9.17, 15) is 4.79 Å². The molecule has 4 heteroatoms. The number of esters is 1. The van der Waals surface area contributed by atoms with E-state index in [-0.39, 0.29) is 5.97 Å². The van der Waals surface area contributed by atoms with Crippen molar-refractivity contribution in [3.05, 3.63) is 28.0 Å². The van der Waals surface area contributed by atoms with Gasteiger partial charge in [-0.1, -0.05) is 15.9 Å². The molecule has 1 aromatic heterocycles. The van der Waals surface area contributed by atoms with Crippen LogP contribution in [0.5, 0.6) is 0 Å². The summed E-state index contributed by atoms with van der Waals surface area (Å²) in [5.41, 5.74) is 1.36. The van der Waals surface area contributed by atoms with E-state index >= 15 is 0 Å². The first kappa shape index (κ1) is 9.65. The van der Waals surface area contributed by atoms with Crippen molar-refractivity contribution < 1.29 is 9.53 Å². The highest BCUT2D eigenvalue weighted by Gasteiger charge is 2.26. The molecule has 0 bridgehead atoms. The van der Waals surface area contributed by atoms with E-state index in [4.69, 9.17) is 0 Å². The van der Waals surface area contributed by atoms with Gasteiger partial charge in [0.25, 0.3) is 0 Å². The fourth-order valence-corrected chi connectivity index (χ4v) is 1.77. The number of aromatic nitrogens is 1. The lowest BCUT2D eigenvalue weighted by Crippen LogP contribution is -2.05. The third-order valence-corrected chi connectivity index (χ3v) is 2.66. The zero-order valence-electron chi connectivity index (χ0n) is 7.79. The van der Waals surface area contributed by atoms with Crippen molar-refractivity contribution in [3.8, 4) is 0 Å². The second-order valence-corrected chi connectivity index (χ2v) is 4.28. The van der Waals surface area contributed by atoms with Crippen LogP contribution in [0.4, 0.5) is 0 Å². The SMILES string of the molecule is COC(=O)c1cc(Br)cc(C2CC2)n1. The lowest BCUT2D eigenvalue weighted by molar-refractivity contribution is 0.0593. The van der Waals surface area contributed by atoms with Crippen LogP contribution < -0.4 is 0 Å². The van der Waals surface area contributed by atoms with Crippen molar-refractivity contribution in [1.82, 2.24) is 4.98 Å². The minimum atomic E-state index is -0.381. The average Bonchev–Trinajstić information content (AvgIpc) is 2.98. The minimum absolute atomic E-state index is 0.378. The third kappa shape index (κ3) is 1.95. The predicted molar refractivity (Wildman–Crippen MR) is 55.3 cm³/mol. The Morgan fingerprint density at radius 3 is 2.86 bits per heavy atom. The molecule has 1 saturated carbocycles. The second-order valence-electron chi connectivity index (χ2n) is 3.36. The molecule has 74 valence electrons. The zero-order chi connectivity index (χ0) is 10.1. The van der Waals surface area contributed by atoms with Gasteiger partial charge in [0.05, 0.1) is 7.11 Å². The molecule has 1 aromatic rings. The molecule has 3 nitrogen and oxygen atoms in total. The third-order valence-electron chi connectivity index (χ3n) is 2.20. The van der Waals surface area contributed by atoms with Crippen molar-refractivity contribution in [2.75, 3.05) is 7.11 Å². The van der Waals surface area contributed by atoms with Crippen molar-refractivity contribution in [2.24, 2.45) is 0 Å². The first-order valence-corrected chi connectivity index (χ1v) is 5.26. The van der Waals surface area contributed by atoms with Gasteiger partial charge in [-0.15, -0.1) is 0 Å². The molecule has 2 rings (SSSR count). The Hall–Kier alpha value is -0.900. The normalized spacial score (nSPS) is 15.3. The number of rotatable bonds is 2. The van der Waals surface area contributed by atoms with E-state index in [0.29, 0.717) is 11.6 Å². The number of hydrogen-bond acceptors (Lipinski definition) is 3. The Morgan fingerprint density at radius 2 is 2.29 bits per heavy atom. The maximum Gasteiger partial charge on any atom is 0.356 e. The van der Waals surface area contributed by atoms with Crippen LogP contribution in [0.15, 0.2) is 16.6 Å². The van der Waals surface area contributed by atoms with Crippen LogP contribution >= 0.6 is 15.9 Å². The van der Waals surface area contributed by atoms with Gasteiger partial charge < -0.3 is 4.74 Å². The number of nitrogens with zero attached hydrogens (tertiary/aromatic N) is 1. The van der Waals surface area contributed by atoms with Gasteiger partial charge in [0.1, 0.15) is 5.69 Å². The molecular weight excluding hydrogens is 246 g/mol. The topological polar surface area (TPSA) is 39.2 Å². The van der Waals surface area contributed by atoms with Gasteiger partial charge in [0, 0.05) is 16.1 Å². The van der Waals surface area contributed by atoms with Crippen molar-refractivity contribution >= 4 is 21.9 Å². The quantitative estimate of drug-likeness (QED) is 0.763. The largest absolute Gasteiger partial charge is 0.464 e. The fourth-order valence-electron chi connectivity index (χ4n) is 1.31. The number of halogens is 1. The van der Waals surface area contributed by atoms with E-state index in [1.165, 1.54) is 20.0 Å². The van der Waals surface area contributed by atoms with Crippen LogP contribution in [0.1, 0.15) is 34.9 Å². The minimum Gasteiger partial charge on any atom is -0.464 e. The molecule has 0 atom stereocenters. The van der Waals surface area contributed by atoms with E-state index in [1.54, 1.807) is 6.07 Å². The van der Waals surface area contributed by atoms with Gasteiger partial charge >= 0.3 is 5.97 Å². The van der Waals surface area contributed by atoms with Gasteiger partial charge in [-0.05, 0) is 25.0 Å². The number of methoxy groups -OCH3 is 1. The molecule has 0 radical (unpaired) electrons. The van der Waals surface area contributed by atoms with Crippen molar-refractivity contribution in [3.63, 3.8) is 0 Å². The smallest absolute Gasteiger partial charge is 0.356 e. The maximum atomic E-state index is 11.3. The monoisotopic (exact) mass is 255 g/mol. The zero-order valence-corrected chi connectivity index (χ0v) is 9.37. The average molecular weight is 256 g/mol. The highest BCUT2D eigenvalue weighted by Crippen LogP contribution is 2.39. The van der Waals surface area contributed by atoms with Crippen LogP contribution in [-0.4, -0.2) is 18.1 Å². The van der Waals surface area contributed by atoms with Gasteiger partial charge in [-0.25, -0.2) is 9.78 Å². The van der Waals surface area contributed by atoms with E-state index in [1.807, 2.05) is 6.07 Å². The summed E-state index contributed by atoms with van der Waals surface area (Å²) in [6.45, 7) is 0. The van der Waals surface area contributed by atoms with Gasteiger partial charge in [0.2, 0.25) is 0 Å². The molecule has 0 spiro atoms. The van der Waals surface area contributed by atoms with Crippen LogP contribution in [0, 0.1) is 0 Å². The molecule has 1 aliphatic rings. The molecule has 1 fully saturated rings. The highest BCUT2D eigenvalue weighted by atomic mass is 79.9. The Bertz CT molecular complexity index is 374. The van der Waals surface area contributed by atoms with E-state index < -0.39 is 0 Å². The van der Waals surface area contributed by atoms with Crippen molar-refractivity contribution in [1.29, 1.82) is 0 Å². The summed E-state index contributed by atoms with van der Waals surface area (Å²) >= 11 is 3.36. The second kappa shape index (κ2) is 3.69. The fraction of sp³-hybridized carbons (Fsp3) is 0.400. The summed E-state index contributed by atoms with van der Waals surface area (Å²) in [6.07, 6.45) is 2.34. The standard InChI is InChI=1S/C10H10BrNO2/c1-14-10(13)9-5-7(11)4-8(12-9)6-2-3-6/h4-6H,2-3H2,1H3. The number of ether oxygens (including phenoxy) is 1. The Kier molecular flexibility index (Phi) is 2.54. The molecule has 0 N–H and O–H groups in total. The Morgan fingerprint density at radius 1 is 1.57 bits per heavy atom. The first-order chi connectivity index (χ1) is 6.70. The first-order valence-electron chi connectivity index (χ1n) is 4.46. The Labute approximate surface area is 90.6 Å². The number of pyridine rings is 1.